The van der Waals surface area contributed by atoms with E-state index in [0.717, 1.165) is 71.2 Å². The number of hydrogen-bond acceptors (Lipinski definition) is 3. The van der Waals surface area contributed by atoms with Crippen LogP contribution in [0, 0.1) is 0 Å². The van der Waals surface area contributed by atoms with Gasteiger partial charge in [-0.2, -0.15) is 0 Å². The molecule has 4 aromatic heterocycles. The lowest BCUT2D eigenvalue weighted by atomic mass is 9.97. The van der Waals surface area contributed by atoms with Crippen molar-refractivity contribution >= 4 is 75.9 Å². The number of fused-ring (bicyclic) bond motifs is 8. The highest BCUT2D eigenvalue weighted by Crippen LogP contribution is 2.48. The van der Waals surface area contributed by atoms with Crippen molar-refractivity contribution < 1.29 is 0 Å². The average Bonchev–Trinajstić information content (AvgIpc) is 4.02. The molecule has 13 aromatic rings. The van der Waals surface area contributed by atoms with Gasteiger partial charge in [0.1, 0.15) is 0 Å². The second kappa shape index (κ2) is 14.2. The lowest BCUT2D eigenvalue weighted by Crippen LogP contribution is -2.03. The highest BCUT2D eigenvalue weighted by molar-refractivity contribution is 7.23. The Balaban J connectivity index is 1.12. The third kappa shape index (κ3) is 5.60. The van der Waals surface area contributed by atoms with Crippen molar-refractivity contribution in [1.82, 2.24) is 19.1 Å². The number of rotatable bonds is 6. The van der Waals surface area contributed by atoms with E-state index in [-0.39, 0.29) is 0 Å². The molecule has 0 fully saturated rings. The monoisotopic (exact) mass is 820 g/mol. The molecule has 0 N–H and O–H groups in total. The van der Waals surface area contributed by atoms with Crippen molar-refractivity contribution in [3.8, 4) is 55.6 Å². The summed E-state index contributed by atoms with van der Waals surface area (Å²) in [6, 6.07) is 78.4. The summed E-state index contributed by atoms with van der Waals surface area (Å²) in [6.45, 7) is 0. The zero-order chi connectivity index (χ0) is 41.4. The topological polar surface area (TPSA) is 35.6 Å². The molecule has 0 bridgehead atoms. The number of aromatic nitrogens is 4. The molecule has 0 radical (unpaired) electrons. The summed E-state index contributed by atoms with van der Waals surface area (Å²) in [7, 11) is 0. The van der Waals surface area contributed by atoms with Crippen molar-refractivity contribution in [1.29, 1.82) is 0 Å². The van der Waals surface area contributed by atoms with E-state index in [1.807, 2.05) is 0 Å². The van der Waals surface area contributed by atoms with Crippen LogP contribution in [0.4, 0.5) is 0 Å². The Morgan fingerprint density at radius 3 is 1.75 bits per heavy atom. The van der Waals surface area contributed by atoms with E-state index in [1.165, 1.54) is 43.0 Å². The van der Waals surface area contributed by atoms with Crippen LogP contribution in [0.2, 0.25) is 0 Å². The third-order valence-electron chi connectivity index (χ3n) is 12.5. The minimum Gasteiger partial charge on any atom is -0.309 e. The third-order valence-corrected chi connectivity index (χ3v) is 13.8. The van der Waals surface area contributed by atoms with Gasteiger partial charge in [0.15, 0.2) is 0 Å². The molecule has 0 aliphatic carbocycles. The molecule has 63 heavy (non-hydrogen) atoms. The average molecular weight is 821 g/mol. The van der Waals surface area contributed by atoms with Crippen molar-refractivity contribution in [2.45, 2.75) is 0 Å². The lowest BCUT2D eigenvalue weighted by molar-refractivity contribution is 1.02. The molecule has 0 saturated heterocycles. The molecule has 0 aliphatic heterocycles. The van der Waals surface area contributed by atoms with E-state index in [4.69, 9.17) is 9.97 Å². The summed E-state index contributed by atoms with van der Waals surface area (Å²) >= 11 is 1.77. The molecule has 4 nitrogen and oxygen atoms in total. The Kier molecular flexibility index (Phi) is 8.05. The second-order valence-electron chi connectivity index (χ2n) is 16.1. The molecule has 0 atom stereocenters. The van der Waals surface area contributed by atoms with Gasteiger partial charge in [-0.05, 0) is 81.6 Å². The van der Waals surface area contributed by atoms with Crippen LogP contribution in [0.1, 0.15) is 0 Å². The fourth-order valence-corrected chi connectivity index (χ4v) is 11.0. The van der Waals surface area contributed by atoms with Gasteiger partial charge in [0.2, 0.25) is 5.95 Å². The van der Waals surface area contributed by atoms with Crippen LogP contribution in [0.25, 0.3) is 120 Å². The highest BCUT2D eigenvalue weighted by atomic mass is 32.1. The summed E-state index contributed by atoms with van der Waals surface area (Å²) < 4.78 is 5.75. The van der Waals surface area contributed by atoms with Gasteiger partial charge in [-0.3, -0.25) is 4.57 Å². The zero-order valence-corrected chi connectivity index (χ0v) is 34.8. The standard InChI is InChI=1S/C58H36N4S/c1-5-18-37(19-6-1)52-55-57(63-56(52)39-22-9-3-10-23-39)54(38-20-7-2-8-21-38)59-58(60-55)62-49-33-32-42(35-46(49)47-34-40-24-13-14-25-41(40)36-51(47)62)44-29-17-31-50-53(44)45-28-15-16-30-48(45)61(50)43-26-11-4-12-27-43/h1-36H. The van der Waals surface area contributed by atoms with E-state index < -0.39 is 0 Å². The number of para-hydroxylation sites is 2. The van der Waals surface area contributed by atoms with Crippen molar-refractivity contribution in [3.05, 3.63) is 218 Å². The van der Waals surface area contributed by atoms with Gasteiger partial charge in [-0.25, -0.2) is 9.97 Å². The Morgan fingerprint density at radius 1 is 0.381 bits per heavy atom. The second-order valence-corrected chi connectivity index (χ2v) is 17.1. The summed E-state index contributed by atoms with van der Waals surface area (Å²) in [4.78, 5) is 12.4. The van der Waals surface area contributed by atoms with Crippen LogP contribution in [0.5, 0.6) is 0 Å². The Bertz CT molecular complexity index is 3890. The first-order valence-electron chi connectivity index (χ1n) is 21.3. The zero-order valence-electron chi connectivity index (χ0n) is 34.0. The lowest BCUT2D eigenvalue weighted by Gasteiger charge is -2.12. The molecule has 4 heterocycles. The minimum atomic E-state index is 0.645. The molecule has 0 aliphatic rings. The largest absolute Gasteiger partial charge is 0.309 e. The van der Waals surface area contributed by atoms with Crippen molar-refractivity contribution in [2.75, 3.05) is 0 Å². The Hall–Kier alpha value is -8.12. The summed E-state index contributed by atoms with van der Waals surface area (Å²) in [5, 5.41) is 7.15. The molecule has 294 valence electrons. The van der Waals surface area contributed by atoms with E-state index in [0.29, 0.717) is 5.95 Å². The predicted octanol–water partition coefficient (Wildman–Crippen LogP) is 15.7. The predicted molar refractivity (Wildman–Crippen MR) is 265 cm³/mol. The molecule has 0 saturated carbocycles. The van der Waals surface area contributed by atoms with Gasteiger partial charge >= 0.3 is 0 Å². The maximum absolute atomic E-state index is 5.65. The smallest absolute Gasteiger partial charge is 0.235 e. The molecule has 0 amide bonds. The van der Waals surface area contributed by atoms with E-state index in [9.17, 15) is 0 Å². The maximum atomic E-state index is 5.65. The van der Waals surface area contributed by atoms with Crippen LogP contribution in [-0.2, 0) is 0 Å². The minimum absolute atomic E-state index is 0.645. The van der Waals surface area contributed by atoms with Crippen LogP contribution in [0.15, 0.2) is 218 Å². The summed E-state index contributed by atoms with van der Waals surface area (Å²) in [6.07, 6.45) is 0. The van der Waals surface area contributed by atoms with Gasteiger partial charge in [0, 0.05) is 43.2 Å². The number of thiophene rings is 1. The molecular formula is C58H36N4S. The maximum Gasteiger partial charge on any atom is 0.235 e. The Labute approximate surface area is 367 Å². The van der Waals surface area contributed by atoms with Crippen LogP contribution in [0.3, 0.4) is 0 Å². The van der Waals surface area contributed by atoms with Gasteiger partial charge < -0.3 is 4.57 Å². The highest BCUT2D eigenvalue weighted by Gasteiger charge is 2.25. The van der Waals surface area contributed by atoms with Gasteiger partial charge in [0.25, 0.3) is 0 Å². The molecule has 13 rings (SSSR count). The first-order chi connectivity index (χ1) is 31.3. The molecule has 5 heteroatoms. The quantitative estimate of drug-likeness (QED) is 0.167. The van der Waals surface area contributed by atoms with E-state index in [2.05, 4.69) is 228 Å². The van der Waals surface area contributed by atoms with E-state index >= 15 is 0 Å². The first kappa shape index (κ1) is 35.6. The fourth-order valence-electron chi connectivity index (χ4n) is 9.73. The van der Waals surface area contributed by atoms with Gasteiger partial charge in [-0.15, -0.1) is 11.3 Å². The summed E-state index contributed by atoms with van der Waals surface area (Å²) in [5.41, 5.74) is 14.4. The number of benzene rings is 9. The van der Waals surface area contributed by atoms with Crippen molar-refractivity contribution in [2.24, 2.45) is 0 Å². The number of hydrogen-bond donors (Lipinski definition) is 0. The fraction of sp³-hybridized carbons (Fsp3) is 0. The van der Waals surface area contributed by atoms with Crippen LogP contribution < -0.4 is 0 Å². The van der Waals surface area contributed by atoms with Gasteiger partial charge in [0.05, 0.1) is 38.0 Å². The molecule has 9 aromatic carbocycles. The van der Waals surface area contributed by atoms with Gasteiger partial charge in [-0.1, -0.05) is 170 Å². The summed E-state index contributed by atoms with van der Waals surface area (Å²) in [5.74, 6) is 0.645. The normalized spacial score (nSPS) is 11.8. The molecular weight excluding hydrogens is 785 g/mol. The SMILES string of the molecule is c1ccc(-c2sc3c(-c4ccccc4)nc(-n4c5ccc(-c6cccc7c6c6ccccc6n7-c6ccccc6)cc5c5cc6ccccc6cc54)nc3c2-c2ccccc2)cc1. The molecule has 0 unspecified atom stereocenters. The van der Waals surface area contributed by atoms with Crippen LogP contribution >= 0.6 is 11.3 Å². The Morgan fingerprint density at radius 2 is 0.984 bits per heavy atom. The number of nitrogens with zero attached hydrogens (tertiary/aromatic N) is 4. The molecule has 0 spiro atoms. The van der Waals surface area contributed by atoms with Crippen LogP contribution in [-0.4, -0.2) is 19.1 Å². The first-order valence-corrected chi connectivity index (χ1v) is 22.1. The van der Waals surface area contributed by atoms with E-state index in [1.54, 1.807) is 11.3 Å². The van der Waals surface area contributed by atoms with Crippen molar-refractivity contribution in [3.63, 3.8) is 0 Å².